The largest absolute Gasteiger partial charge is 0.279 e. The van der Waals surface area contributed by atoms with Gasteiger partial charge in [-0.3, -0.25) is 0 Å². The average Bonchev–Trinajstić information content (AvgIpc) is 2.75. The van der Waals surface area contributed by atoms with Crippen LogP contribution < -0.4 is 4.72 Å². The highest BCUT2D eigenvalue weighted by atomic mass is 32.2. The molecule has 20 heavy (non-hydrogen) atoms. The lowest BCUT2D eigenvalue weighted by molar-refractivity contribution is 0.221. The molecule has 3 aliphatic rings. The van der Waals surface area contributed by atoms with E-state index in [0.717, 1.165) is 25.7 Å². The van der Waals surface area contributed by atoms with Crippen LogP contribution in [0.1, 0.15) is 24.0 Å². The van der Waals surface area contributed by atoms with Crippen molar-refractivity contribution in [3.63, 3.8) is 0 Å². The fraction of sp³-hybridized carbons (Fsp3) is 0.600. The van der Waals surface area contributed by atoms with Crippen LogP contribution in [0.15, 0.2) is 24.3 Å². The van der Waals surface area contributed by atoms with Crippen LogP contribution in [0, 0.1) is 11.8 Å². The van der Waals surface area contributed by atoms with Gasteiger partial charge >= 0.3 is 0 Å². The first-order chi connectivity index (χ1) is 9.51. The van der Waals surface area contributed by atoms with E-state index in [9.17, 15) is 8.42 Å². The molecule has 1 heterocycles. The van der Waals surface area contributed by atoms with Gasteiger partial charge < -0.3 is 0 Å². The highest BCUT2D eigenvalue weighted by Crippen LogP contribution is 2.49. The highest BCUT2D eigenvalue weighted by molar-refractivity contribution is 7.87. The third kappa shape index (κ3) is 1.63. The highest BCUT2D eigenvalue weighted by Gasteiger charge is 2.58. The Morgan fingerprint density at radius 2 is 1.70 bits per heavy atom. The van der Waals surface area contributed by atoms with E-state index in [2.05, 4.69) is 29.0 Å². The van der Waals surface area contributed by atoms with Crippen LogP contribution in [0.5, 0.6) is 0 Å². The number of hydrogen-bond acceptors (Lipinski definition) is 2. The summed E-state index contributed by atoms with van der Waals surface area (Å²) in [4.78, 5) is 0. The lowest BCUT2D eigenvalue weighted by Crippen LogP contribution is -2.52. The van der Waals surface area contributed by atoms with Crippen molar-refractivity contribution in [1.82, 2.24) is 9.03 Å². The molecular weight excluding hydrogens is 272 g/mol. The Morgan fingerprint density at radius 1 is 1.15 bits per heavy atom. The maximum atomic E-state index is 12.2. The Hall–Kier alpha value is -0.910. The van der Waals surface area contributed by atoms with E-state index in [1.807, 2.05) is 0 Å². The number of hydrogen-bond donors (Lipinski definition) is 1. The second kappa shape index (κ2) is 4.06. The molecule has 1 aromatic carbocycles. The van der Waals surface area contributed by atoms with Crippen molar-refractivity contribution in [2.45, 2.75) is 31.2 Å². The fourth-order valence-electron chi connectivity index (χ4n) is 4.53. The van der Waals surface area contributed by atoms with Crippen LogP contribution in [0.4, 0.5) is 0 Å². The smallest absolute Gasteiger partial charge is 0.195 e. The minimum atomic E-state index is -3.28. The van der Waals surface area contributed by atoms with Gasteiger partial charge in [-0.1, -0.05) is 24.3 Å². The minimum Gasteiger partial charge on any atom is -0.195 e. The monoisotopic (exact) mass is 292 g/mol. The van der Waals surface area contributed by atoms with Gasteiger partial charge in [0.1, 0.15) is 0 Å². The maximum Gasteiger partial charge on any atom is 0.279 e. The number of benzene rings is 1. The van der Waals surface area contributed by atoms with Gasteiger partial charge in [0.25, 0.3) is 10.2 Å². The maximum absolute atomic E-state index is 12.2. The summed E-state index contributed by atoms with van der Waals surface area (Å²) in [5, 5.41) is 0. The first kappa shape index (κ1) is 12.8. The lowest BCUT2D eigenvalue weighted by atomic mass is 9.80. The Balaban J connectivity index is 1.79. The molecule has 1 N–H and O–H groups in total. The summed E-state index contributed by atoms with van der Waals surface area (Å²) in [5.74, 6) is 0.853. The minimum absolute atomic E-state index is 0.243. The summed E-state index contributed by atoms with van der Waals surface area (Å²) in [6, 6.07) is 8.60. The average molecular weight is 292 g/mol. The van der Waals surface area contributed by atoms with Gasteiger partial charge in [-0.15, -0.1) is 0 Å². The van der Waals surface area contributed by atoms with Gasteiger partial charge in [0.15, 0.2) is 0 Å². The topological polar surface area (TPSA) is 49.4 Å². The van der Waals surface area contributed by atoms with Crippen LogP contribution >= 0.6 is 0 Å². The van der Waals surface area contributed by atoms with E-state index >= 15 is 0 Å². The van der Waals surface area contributed by atoms with Gasteiger partial charge in [0, 0.05) is 13.6 Å². The molecule has 0 radical (unpaired) electrons. The normalized spacial score (nSPS) is 38.9. The molecule has 1 spiro atoms. The molecule has 2 fully saturated rings. The molecule has 4 rings (SSSR count). The van der Waals surface area contributed by atoms with Crippen LogP contribution in [0.3, 0.4) is 0 Å². The summed E-state index contributed by atoms with van der Waals surface area (Å²) in [6.07, 6.45) is 4.27. The molecule has 0 amide bonds. The standard InChI is InChI=1S/C15H20N2O2S/c1-17-10-15(16-20(17,18)19)13-6-7-14(15)9-12-5-3-2-4-11(12)8-13/h2-5,13-14,16H,6-10H2,1H3. The zero-order valence-corrected chi connectivity index (χ0v) is 12.5. The second-order valence-electron chi connectivity index (χ2n) is 6.55. The van der Waals surface area contributed by atoms with Crippen molar-refractivity contribution in [2.75, 3.05) is 13.6 Å². The van der Waals surface area contributed by atoms with Crippen molar-refractivity contribution in [3.05, 3.63) is 35.4 Å². The van der Waals surface area contributed by atoms with Crippen molar-refractivity contribution in [1.29, 1.82) is 0 Å². The zero-order valence-electron chi connectivity index (χ0n) is 11.7. The van der Waals surface area contributed by atoms with Gasteiger partial charge in [0.05, 0.1) is 5.54 Å². The predicted molar refractivity (Wildman–Crippen MR) is 77.5 cm³/mol. The predicted octanol–water partition coefficient (Wildman–Crippen LogP) is 1.33. The zero-order chi connectivity index (χ0) is 14.0. The van der Waals surface area contributed by atoms with E-state index in [1.165, 1.54) is 15.4 Å². The molecule has 4 nitrogen and oxygen atoms in total. The SMILES string of the molecule is CN1CC2(NS1(=O)=O)C1CCC2Cc2ccccc2C1. The Bertz CT molecular complexity index is 623. The lowest BCUT2D eigenvalue weighted by Gasteiger charge is -2.33. The summed E-state index contributed by atoms with van der Waals surface area (Å²) in [7, 11) is -1.59. The molecule has 0 aromatic heterocycles. The quantitative estimate of drug-likeness (QED) is 0.784. The molecule has 1 saturated carbocycles. The second-order valence-corrected chi connectivity index (χ2v) is 8.33. The van der Waals surface area contributed by atoms with Crippen molar-refractivity contribution in [3.8, 4) is 0 Å². The summed E-state index contributed by atoms with van der Waals surface area (Å²) >= 11 is 0. The van der Waals surface area contributed by atoms with Crippen LogP contribution in [0.25, 0.3) is 0 Å². The van der Waals surface area contributed by atoms with E-state index in [0.29, 0.717) is 18.4 Å². The molecule has 5 heteroatoms. The molecular formula is C15H20N2O2S. The first-order valence-electron chi connectivity index (χ1n) is 7.33. The fourth-order valence-corrected chi connectivity index (χ4v) is 5.95. The number of fused-ring (bicyclic) bond motifs is 1. The molecule has 2 bridgehead atoms. The molecule has 2 unspecified atom stereocenters. The molecule has 108 valence electrons. The molecule has 2 atom stereocenters. The van der Waals surface area contributed by atoms with Gasteiger partial charge in [-0.05, 0) is 48.6 Å². The molecule has 1 aliphatic heterocycles. The Labute approximate surface area is 120 Å². The number of nitrogens with one attached hydrogen (secondary N) is 1. The molecule has 1 aromatic rings. The number of nitrogens with zero attached hydrogens (tertiary/aromatic N) is 1. The van der Waals surface area contributed by atoms with Crippen LogP contribution in [0.2, 0.25) is 0 Å². The summed E-state index contributed by atoms with van der Waals surface area (Å²) in [6.45, 7) is 0.624. The number of likely N-dealkylation sites (N-methyl/N-ethyl adjacent to an activating group) is 1. The van der Waals surface area contributed by atoms with Crippen molar-refractivity contribution in [2.24, 2.45) is 11.8 Å². The Morgan fingerprint density at radius 3 is 2.15 bits per heavy atom. The van der Waals surface area contributed by atoms with Crippen molar-refractivity contribution >= 4 is 10.2 Å². The third-order valence-corrected chi connectivity index (χ3v) is 7.17. The summed E-state index contributed by atoms with van der Waals surface area (Å²) in [5.41, 5.74) is 2.58. The van der Waals surface area contributed by atoms with Crippen molar-refractivity contribution < 1.29 is 8.42 Å². The molecule has 1 saturated heterocycles. The van der Waals surface area contributed by atoms with Crippen LogP contribution in [-0.4, -0.2) is 31.9 Å². The third-order valence-electron chi connectivity index (χ3n) is 5.59. The van der Waals surface area contributed by atoms with E-state index in [-0.39, 0.29) is 5.54 Å². The van der Waals surface area contributed by atoms with Gasteiger partial charge in [-0.2, -0.15) is 17.4 Å². The van der Waals surface area contributed by atoms with Gasteiger partial charge in [0.2, 0.25) is 0 Å². The van der Waals surface area contributed by atoms with Gasteiger partial charge in [-0.25, -0.2) is 0 Å². The van der Waals surface area contributed by atoms with E-state index in [4.69, 9.17) is 0 Å². The summed E-state index contributed by atoms with van der Waals surface area (Å²) < 4.78 is 28.8. The first-order valence-corrected chi connectivity index (χ1v) is 8.77. The van der Waals surface area contributed by atoms with E-state index in [1.54, 1.807) is 7.05 Å². The number of rotatable bonds is 0. The van der Waals surface area contributed by atoms with E-state index < -0.39 is 10.2 Å². The van der Waals surface area contributed by atoms with Crippen LogP contribution in [-0.2, 0) is 23.1 Å². The molecule has 2 aliphatic carbocycles. The Kier molecular flexibility index (Phi) is 2.60.